The number of aromatic nitrogens is 3. The molecule has 0 aliphatic carbocycles. The lowest BCUT2D eigenvalue weighted by Crippen LogP contribution is -2.46. The van der Waals surface area contributed by atoms with Gasteiger partial charge in [-0.15, -0.1) is 0 Å². The van der Waals surface area contributed by atoms with Gasteiger partial charge in [0.2, 0.25) is 11.9 Å². The monoisotopic (exact) mass is 533 g/mol. The molecule has 10 heteroatoms. The zero-order valence-corrected chi connectivity index (χ0v) is 23.4. The highest BCUT2D eigenvalue weighted by Crippen LogP contribution is 2.34. The fourth-order valence-electron chi connectivity index (χ4n) is 5.05. The maximum absolute atomic E-state index is 12.9. The molecule has 4 heterocycles. The minimum Gasteiger partial charge on any atom is -0.494 e. The van der Waals surface area contributed by atoms with Gasteiger partial charge in [-0.25, -0.2) is 4.98 Å². The molecule has 2 fully saturated rings. The molecule has 10 nitrogen and oxygen atoms in total. The van der Waals surface area contributed by atoms with Gasteiger partial charge in [0.25, 0.3) is 0 Å². The summed E-state index contributed by atoms with van der Waals surface area (Å²) in [7, 11) is 1.67. The summed E-state index contributed by atoms with van der Waals surface area (Å²) in [5.41, 5.74) is 2.72. The number of ether oxygens (including phenoxy) is 2. The molecule has 0 bridgehead atoms. The summed E-state index contributed by atoms with van der Waals surface area (Å²) in [5.74, 6) is 2.31. The van der Waals surface area contributed by atoms with E-state index in [1.165, 1.54) is 0 Å². The van der Waals surface area contributed by atoms with Crippen LogP contribution in [0.5, 0.6) is 5.75 Å². The van der Waals surface area contributed by atoms with E-state index in [0.29, 0.717) is 38.0 Å². The molecule has 0 unspecified atom stereocenters. The van der Waals surface area contributed by atoms with Crippen molar-refractivity contribution in [3.8, 4) is 5.75 Å². The molecule has 1 aromatic carbocycles. The molecule has 5 rings (SSSR count). The normalized spacial score (nSPS) is 16.8. The van der Waals surface area contributed by atoms with Crippen molar-refractivity contribution >= 4 is 40.0 Å². The zero-order valence-electron chi connectivity index (χ0n) is 23.4. The van der Waals surface area contributed by atoms with Crippen molar-refractivity contribution in [2.75, 3.05) is 68.6 Å². The Balaban J connectivity index is 1.29. The topological polar surface area (TPSA) is 105 Å². The average molecular weight is 534 g/mol. The molecular weight excluding hydrogens is 494 g/mol. The van der Waals surface area contributed by atoms with Crippen LogP contribution in [0, 0.1) is 11.3 Å². The molecule has 3 aromatic rings. The Morgan fingerprint density at radius 1 is 1.10 bits per heavy atom. The van der Waals surface area contributed by atoms with E-state index in [9.17, 15) is 4.79 Å². The largest absolute Gasteiger partial charge is 0.494 e. The minimum absolute atomic E-state index is 0.0859. The van der Waals surface area contributed by atoms with Crippen LogP contribution in [-0.2, 0) is 9.53 Å². The number of anilines is 4. The van der Waals surface area contributed by atoms with E-state index in [1.807, 2.05) is 23.1 Å². The number of nitrogens with one attached hydrogen (secondary N) is 2. The van der Waals surface area contributed by atoms with E-state index < -0.39 is 0 Å². The molecule has 39 heavy (non-hydrogen) atoms. The van der Waals surface area contributed by atoms with Crippen molar-refractivity contribution in [3.63, 3.8) is 0 Å². The molecule has 1 amide bonds. The number of hydrogen-bond acceptors (Lipinski definition) is 9. The average Bonchev–Trinajstić information content (AvgIpc) is 2.96. The van der Waals surface area contributed by atoms with E-state index >= 15 is 0 Å². The van der Waals surface area contributed by atoms with Gasteiger partial charge in [0, 0.05) is 62.0 Å². The summed E-state index contributed by atoms with van der Waals surface area (Å²) in [5, 5.41) is 7.75. The summed E-state index contributed by atoms with van der Waals surface area (Å²) in [4.78, 5) is 30.9. The highest BCUT2D eigenvalue weighted by Gasteiger charge is 2.29. The fraction of sp³-hybridized carbons (Fsp3) is 0.517. The van der Waals surface area contributed by atoms with Crippen LogP contribution in [0.2, 0.25) is 0 Å². The van der Waals surface area contributed by atoms with Gasteiger partial charge in [-0.3, -0.25) is 9.78 Å². The maximum atomic E-state index is 12.9. The third-order valence-corrected chi connectivity index (χ3v) is 7.25. The molecule has 2 aliphatic heterocycles. The highest BCUT2D eigenvalue weighted by atomic mass is 16.5. The number of benzene rings is 1. The summed E-state index contributed by atoms with van der Waals surface area (Å²) < 4.78 is 11.1. The lowest BCUT2D eigenvalue weighted by molar-refractivity contribution is -0.140. The molecule has 0 radical (unpaired) electrons. The number of piperidine rings is 1. The number of amides is 1. The number of methoxy groups -OCH3 is 1. The van der Waals surface area contributed by atoms with Crippen LogP contribution >= 0.6 is 0 Å². The number of nitrogens with zero attached hydrogens (tertiary/aromatic N) is 5. The minimum atomic E-state index is 0.0859. The van der Waals surface area contributed by atoms with Crippen molar-refractivity contribution in [1.82, 2.24) is 19.9 Å². The molecule has 2 N–H and O–H groups in total. The van der Waals surface area contributed by atoms with Crippen molar-refractivity contribution in [2.45, 2.75) is 33.6 Å². The number of fused-ring (bicyclic) bond motifs is 1. The van der Waals surface area contributed by atoms with Gasteiger partial charge in [-0.05, 0) is 36.5 Å². The number of carbonyl (C=O) groups is 1. The van der Waals surface area contributed by atoms with Gasteiger partial charge in [-0.1, -0.05) is 20.8 Å². The molecule has 208 valence electrons. The van der Waals surface area contributed by atoms with Gasteiger partial charge >= 0.3 is 0 Å². The van der Waals surface area contributed by atoms with Crippen LogP contribution < -0.4 is 20.3 Å². The van der Waals surface area contributed by atoms with Crippen LogP contribution in [0.4, 0.5) is 23.1 Å². The van der Waals surface area contributed by atoms with Crippen LogP contribution in [0.15, 0.2) is 36.7 Å². The molecule has 0 saturated carbocycles. The lowest BCUT2D eigenvalue weighted by atomic mass is 9.94. The standard InChI is InChI=1S/C29H39N7O3/c1-29(2,3)19-31-26-22-7-10-30-18-24(22)33-28(34-26)32-23-6-5-21(17-25(23)38-4)35-11-8-20(9-12-35)27(37)36-13-15-39-16-14-36/h5-7,10,17-18,20H,8-9,11-16,19H2,1-4H3,(H2,31,32,33,34). The smallest absolute Gasteiger partial charge is 0.229 e. The van der Waals surface area contributed by atoms with Crippen LogP contribution in [0.3, 0.4) is 0 Å². The number of carbonyl (C=O) groups excluding carboxylic acids is 1. The van der Waals surface area contributed by atoms with E-state index in [1.54, 1.807) is 19.5 Å². The van der Waals surface area contributed by atoms with E-state index in [-0.39, 0.29) is 17.2 Å². The Kier molecular flexibility index (Phi) is 8.02. The lowest BCUT2D eigenvalue weighted by Gasteiger charge is -2.36. The van der Waals surface area contributed by atoms with Gasteiger partial charge in [0.1, 0.15) is 11.6 Å². The predicted octanol–water partition coefficient (Wildman–Crippen LogP) is 4.31. The third kappa shape index (κ3) is 6.50. The molecule has 2 saturated heterocycles. The Labute approximate surface area is 230 Å². The third-order valence-electron chi connectivity index (χ3n) is 7.25. The van der Waals surface area contributed by atoms with E-state index in [2.05, 4.69) is 47.4 Å². The Hall–Kier alpha value is -3.66. The van der Waals surface area contributed by atoms with Crippen molar-refractivity contribution in [1.29, 1.82) is 0 Å². The number of morpholine rings is 1. The van der Waals surface area contributed by atoms with Crippen molar-refractivity contribution in [2.24, 2.45) is 11.3 Å². The second-order valence-electron chi connectivity index (χ2n) is 11.4. The highest BCUT2D eigenvalue weighted by molar-refractivity contribution is 5.89. The molecule has 0 spiro atoms. The summed E-state index contributed by atoms with van der Waals surface area (Å²) in [6, 6.07) is 8.04. The molecular formula is C29H39N7O3. The summed E-state index contributed by atoms with van der Waals surface area (Å²) in [6.45, 7) is 11.7. The van der Waals surface area contributed by atoms with Crippen molar-refractivity contribution < 1.29 is 14.3 Å². The van der Waals surface area contributed by atoms with Crippen LogP contribution in [0.25, 0.3) is 10.9 Å². The predicted molar refractivity (Wildman–Crippen MR) is 154 cm³/mol. The maximum Gasteiger partial charge on any atom is 0.229 e. The van der Waals surface area contributed by atoms with Gasteiger partial charge in [-0.2, -0.15) is 4.98 Å². The van der Waals surface area contributed by atoms with Crippen molar-refractivity contribution in [3.05, 3.63) is 36.7 Å². The number of hydrogen-bond donors (Lipinski definition) is 2. The van der Waals surface area contributed by atoms with Gasteiger partial charge in [0.15, 0.2) is 0 Å². The number of rotatable bonds is 7. The second kappa shape index (κ2) is 11.6. The van der Waals surface area contributed by atoms with Gasteiger partial charge in [0.05, 0.1) is 37.7 Å². The van der Waals surface area contributed by atoms with Gasteiger partial charge < -0.3 is 29.9 Å². The van der Waals surface area contributed by atoms with E-state index in [0.717, 1.165) is 60.6 Å². The Morgan fingerprint density at radius 3 is 2.59 bits per heavy atom. The first-order valence-electron chi connectivity index (χ1n) is 13.7. The first-order valence-corrected chi connectivity index (χ1v) is 13.7. The fourth-order valence-corrected chi connectivity index (χ4v) is 5.05. The SMILES string of the molecule is COc1cc(N2CCC(C(=O)N3CCOCC3)CC2)ccc1Nc1nc(NCC(C)(C)C)c2ccncc2n1. The molecule has 0 atom stereocenters. The number of pyridine rings is 1. The molecule has 2 aromatic heterocycles. The van der Waals surface area contributed by atoms with Crippen LogP contribution in [0.1, 0.15) is 33.6 Å². The van der Waals surface area contributed by atoms with Crippen LogP contribution in [-0.4, -0.2) is 78.8 Å². The first-order chi connectivity index (χ1) is 18.8. The Bertz CT molecular complexity index is 1300. The Morgan fingerprint density at radius 2 is 1.87 bits per heavy atom. The first kappa shape index (κ1) is 26.9. The second-order valence-corrected chi connectivity index (χ2v) is 11.4. The zero-order chi connectivity index (χ0) is 27.4. The quantitative estimate of drug-likeness (QED) is 0.460. The van der Waals surface area contributed by atoms with E-state index in [4.69, 9.17) is 19.4 Å². The summed E-state index contributed by atoms with van der Waals surface area (Å²) >= 11 is 0. The molecule has 2 aliphatic rings. The summed E-state index contributed by atoms with van der Waals surface area (Å²) in [6.07, 6.45) is 5.20.